The molecule has 0 aromatic carbocycles. The van der Waals surface area contributed by atoms with Crippen molar-refractivity contribution >= 4 is 5.97 Å². The standard InChI is InChI=1S/C12H12N2O3/c1-2-10-11(12(15)16)9(14-17-10)6-8-4-3-5-13-7-8/h3-5,7H,2,6H2,1H3,(H,15,16). The van der Waals surface area contributed by atoms with E-state index in [1.54, 1.807) is 18.5 Å². The van der Waals surface area contributed by atoms with Crippen LogP contribution in [0.1, 0.15) is 34.3 Å². The largest absolute Gasteiger partial charge is 0.477 e. The molecule has 88 valence electrons. The Morgan fingerprint density at radius 2 is 2.35 bits per heavy atom. The lowest BCUT2D eigenvalue weighted by Gasteiger charge is -1.98. The molecule has 0 saturated heterocycles. The first-order chi connectivity index (χ1) is 8.22. The summed E-state index contributed by atoms with van der Waals surface area (Å²) in [5.74, 6) is -0.585. The van der Waals surface area contributed by atoms with Crippen molar-refractivity contribution in [3.63, 3.8) is 0 Å². The number of pyridine rings is 1. The van der Waals surface area contributed by atoms with E-state index in [-0.39, 0.29) is 5.56 Å². The molecular formula is C12H12N2O3. The maximum atomic E-state index is 11.1. The molecule has 0 spiro atoms. The molecule has 0 atom stereocenters. The Morgan fingerprint density at radius 3 is 2.94 bits per heavy atom. The van der Waals surface area contributed by atoms with Crippen LogP contribution >= 0.6 is 0 Å². The number of carboxylic acid groups (broad SMARTS) is 1. The Kier molecular flexibility index (Phi) is 3.18. The van der Waals surface area contributed by atoms with Gasteiger partial charge in [-0.3, -0.25) is 4.98 Å². The summed E-state index contributed by atoms with van der Waals surface area (Å²) in [5, 5.41) is 12.9. The van der Waals surface area contributed by atoms with Gasteiger partial charge in [0.15, 0.2) is 5.76 Å². The fraction of sp³-hybridized carbons (Fsp3) is 0.250. The van der Waals surface area contributed by atoms with Crippen molar-refractivity contribution in [3.8, 4) is 0 Å². The van der Waals surface area contributed by atoms with Gasteiger partial charge < -0.3 is 9.63 Å². The number of hydrogen-bond acceptors (Lipinski definition) is 4. The van der Waals surface area contributed by atoms with Crippen LogP contribution in [0.4, 0.5) is 0 Å². The van der Waals surface area contributed by atoms with Crippen LogP contribution in [0.2, 0.25) is 0 Å². The molecule has 1 N–H and O–H groups in total. The summed E-state index contributed by atoms with van der Waals surface area (Å²) in [5.41, 5.74) is 1.53. The van der Waals surface area contributed by atoms with E-state index in [4.69, 9.17) is 9.63 Å². The number of aryl methyl sites for hydroxylation is 1. The number of hydrogen-bond donors (Lipinski definition) is 1. The molecule has 0 aliphatic rings. The highest BCUT2D eigenvalue weighted by Crippen LogP contribution is 2.18. The van der Waals surface area contributed by atoms with Crippen LogP contribution < -0.4 is 0 Å². The summed E-state index contributed by atoms with van der Waals surface area (Å²) >= 11 is 0. The third-order valence-electron chi connectivity index (χ3n) is 2.46. The van der Waals surface area contributed by atoms with Crippen molar-refractivity contribution in [1.82, 2.24) is 10.1 Å². The van der Waals surface area contributed by atoms with Gasteiger partial charge in [0, 0.05) is 25.2 Å². The summed E-state index contributed by atoms with van der Waals surface area (Å²) in [6, 6.07) is 3.68. The predicted octanol–water partition coefficient (Wildman–Crippen LogP) is 1.92. The summed E-state index contributed by atoms with van der Waals surface area (Å²) in [4.78, 5) is 15.1. The minimum atomic E-state index is -0.998. The van der Waals surface area contributed by atoms with Crippen LogP contribution in [0.25, 0.3) is 0 Å². The first-order valence-electron chi connectivity index (χ1n) is 5.32. The molecule has 2 heterocycles. The topological polar surface area (TPSA) is 76.2 Å². The number of aromatic nitrogens is 2. The summed E-state index contributed by atoms with van der Waals surface area (Å²) in [6.07, 6.45) is 4.29. The average molecular weight is 232 g/mol. The van der Waals surface area contributed by atoms with E-state index in [2.05, 4.69) is 10.1 Å². The van der Waals surface area contributed by atoms with E-state index in [0.717, 1.165) is 5.56 Å². The van der Waals surface area contributed by atoms with Crippen molar-refractivity contribution in [2.75, 3.05) is 0 Å². The monoisotopic (exact) mass is 232 g/mol. The SMILES string of the molecule is CCc1onc(Cc2cccnc2)c1C(=O)O. The minimum Gasteiger partial charge on any atom is -0.477 e. The zero-order chi connectivity index (χ0) is 12.3. The number of aromatic carboxylic acids is 1. The minimum absolute atomic E-state index is 0.177. The highest BCUT2D eigenvalue weighted by Gasteiger charge is 2.21. The number of carbonyl (C=O) groups is 1. The van der Waals surface area contributed by atoms with E-state index in [0.29, 0.717) is 24.3 Å². The van der Waals surface area contributed by atoms with Crippen molar-refractivity contribution in [2.24, 2.45) is 0 Å². The smallest absolute Gasteiger partial charge is 0.341 e. The third-order valence-corrected chi connectivity index (χ3v) is 2.46. The van der Waals surface area contributed by atoms with Gasteiger partial charge in [-0.2, -0.15) is 0 Å². The van der Waals surface area contributed by atoms with Gasteiger partial charge in [0.25, 0.3) is 0 Å². The highest BCUT2D eigenvalue weighted by molar-refractivity contribution is 5.90. The van der Waals surface area contributed by atoms with Gasteiger partial charge in [-0.15, -0.1) is 0 Å². The Morgan fingerprint density at radius 1 is 1.53 bits per heavy atom. The normalized spacial score (nSPS) is 10.4. The average Bonchev–Trinajstić information content (AvgIpc) is 2.73. The molecule has 0 saturated carbocycles. The molecule has 0 unspecified atom stereocenters. The number of nitrogens with zero attached hydrogens (tertiary/aromatic N) is 2. The molecule has 2 rings (SSSR count). The Balaban J connectivity index is 2.33. The maximum absolute atomic E-state index is 11.1. The zero-order valence-electron chi connectivity index (χ0n) is 9.38. The molecule has 2 aromatic heterocycles. The van der Waals surface area contributed by atoms with Crippen molar-refractivity contribution in [3.05, 3.63) is 47.1 Å². The molecule has 0 aliphatic heterocycles. The van der Waals surface area contributed by atoms with Crippen LogP contribution in [0.3, 0.4) is 0 Å². The highest BCUT2D eigenvalue weighted by atomic mass is 16.5. The molecular weight excluding hydrogens is 220 g/mol. The maximum Gasteiger partial charge on any atom is 0.341 e. The van der Waals surface area contributed by atoms with Crippen LogP contribution in [-0.2, 0) is 12.8 Å². The number of rotatable bonds is 4. The molecule has 5 nitrogen and oxygen atoms in total. The Labute approximate surface area is 98.1 Å². The van der Waals surface area contributed by atoms with Gasteiger partial charge in [0.2, 0.25) is 0 Å². The van der Waals surface area contributed by atoms with Crippen molar-refractivity contribution < 1.29 is 14.4 Å². The number of carboxylic acids is 1. The Bertz CT molecular complexity index is 520. The molecule has 0 bridgehead atoms. The van der Waals surface area contributed by atoms with Gasteiger partial charge in [0.05, 0.1) is 0 Å². The van der Waals surface area contributed by atoms with Gasteiger partial charge in [-0.1, -0.05) is 18.1 Å². The van der Waals surface area contributed by atoms with Gasteiger partial charge in [-0.05, 0) is 11.6 Å². The first kappa shape index (κ1) is 11.3. The van der Waals surface area contributed by atoms with E-state index in [9.17, 15) is 4.79 Å². The molecule has 0 amide bonds. The zero-order valence-corrected chi connectivity index (χ0v) is 9.38. The van der Waals surface area contributed by atoms with Gasteiger partial charge in [0.1, 0.15) is 11.3 Å². The predicted molar refractivity (Wildman–Crippen MR) is 59.9 cm³/mol. The van der Waals surface area contributed by atoms with Crippen LogP contribution in [0, 0.1) is 0 Å². The second kappa shape index (κ2) is 4.78. The van der Waals surface area contributed by atoms with Crippen molar-refractivity contribution in [1.29, 1.82) is 0 Å². The second-order valence-electron chi connectivity index (χ2n) is 3.62. The summed E-state index contributed by atoms with van der Waals surface area (Å²) in [6.45, 7) is 1.83. The van der Waals surface area contributed by atoms with E-state index < -0.39 is 5.97 Å². The molecule has 5 heteroatoms. The summed E-state index contributed by atoms with van der Waals surface area (Å²) < 4.78 is 5.03. The quantitative estimate of drug-likeness (QED) is 0.871. The molecule has 0 fully saturated rings. The van der Waals surface area contributed by atoms with Crippen LogP contribution in [0.5, 0.6) is 0 Å². The second-order valence-corrected chi connectivity index (χ2v) is 3.62. The molecule has 17 heavy (non-hydrogen) atoms. The van der Waals surface area contributed by atoms with E-state index in [1.807, 2.05) is 13.0 Å². The van der Waals surface area contributed by atoms with Gasteiger partial charge in [-0.25, -0.2) is 4.79 Å². The van der Waals surface area contributed by atoms with Crippen LogP contribution in [0.15, 0.2) is 29.0 Å². The van der Waals surface area contributed by atoms with Crippen molar-refractivity contribution in [2.45, 2.75) is 19.8 Å². The summed E-state index contributed by atoms with van der Waals surface area (Å²) in [7, 11) is 0. The first-order valence-corrected chi connectivity index (χ1v) is 5.32. The van der Waals surface area contributed by atoms with E-state index >= 15 is 0 Å². The molecule has 0 aliphatic carbocycles. The lowest BCUT2D eigenvalue weighted by atomic mass is 10.1. The lowest BCUT2D eigenvalue weighted by Crippen LogP contribution is -2.04. The van der Waals surface area contributed by atoms with E-state index in [1.165, 1.54) is 0 Å². The fourth-order valence-corrected chi connectivity index (χ4v) is 1.66. The van der Waals surface area contributed by atoms with Crippen LogP contribution in [-0.4, -0.2) is 21.2 Å². The van der Waals surface area contributed by atoms with Gasteiger partial charge >= 0.3 is 5.97 Å². The molecule has 2 aromatic rings. The molecule has 0 radical (unpaired) electrons. The Hall–Kier alpha value is -2.17. The lowest BCUT2D eigenvalue weighted by molar-refractivity contribution is 0.0693. The fourth-order valence-electron chi connectivity index (χ4n) is 1.66. The third kappa shape index (κ3) is 2.33.